The molecule has 2 N–H and O–H groups in total. The monoisotopic (exact) mass is 328 g/mol. The molecule has 1 saturated heterocycles. The van der Waals surface area contributed by atoms with Gasteiger partial charge in [-0.05, 0) is 37.8 Å². The fraction of sp³-hybridized carbons (Fsp3) is 0.733. The Morgan fingerprint density at radius 1 is 1.18 bits per heavy atom. The predicted octanol–water partition coefficient (Wildman–Crippen LogP) is 1.46. The molecule has 0 atom stereocenters. The second-order valence-electron chi connectivity index (χ2n) is 6.33. The van der Waals surface area contributed by atoms with Crippen LogP contribution in [0.3, 0.4) is 0 Å². The molecule has 6 nitrogen and oxygen atoms in total. The van der Waals surface area contributed by atoms with Crippen LogP contribution in [0.1, 0.15) is 44.3 Å². The molecule has 0 unspecified atom stereocenters. The zero-order valence-corrected chi connectivity index (χ0v) is 13.6. The molecule has 2 fully saturated rings. The van der Waals surface area contributed by atoms with Crippen LogP contribution in [-0.4, -0.2) is 43.1 Å². The summed E-state index contributed by atoms with van der Waals surface area (Å²) in [5, 5.41) is 12.9. The summed E-state index contributed by atoms with van der Waals surface area (Å²) in [6.07, 6.45) is 5.94. The third kappa shape index (κ3) is 3.08. The molecule has 0 amide bonds. The average Bonchev–Trinajstić information content (AvgIpc) is 3.25. The molecule has 2 aliphatic rings. The minimum absolute atomic E-state index is 0.0238. The Bertz CT molecular complexity index is 599. The van der Waals surface area contributed by atoms with Crippen molar-refractivity contribution < 1.29 is 17.9 Å². The standard InChI is InChI=1S/C15H24N2O4S/c18-12-15(7-1-2-8-15)16-11-13-5-6-14(21-13)22(19,20)17-9-3-4-10-17/h5-6,16,18H,1-4,7-12H2. The smallest absolute Gasteiger partial charge is 0.276 e. The number of nitrogens with one attached hydrogen (secondary N) is 1. The maximum atomic E-state index is 12.4. The van der Waals surface area contributed by atoms with Crippen LogP contribution in [0.4, 0.5) is 0 Å². The van der Waals surface area contributed by atoms with E-state index in [4.69, 9.17) is 4.42 Å². The lowest BCUT2D eigenvalue weighted by Gasteiger charge is -2.27. The molecule has 0 aromatic carbocycles. The third-order valence-electron chi connectivity index (χ3n) is 4.80. The van der Waals surface area contributed by atoms with E-state index in [1.165, 1.54) is 10.4 Å². The molecule has 0 bridgehead atoms. The van der Waals surface area contributed by atoms with E-state index >= 15 is 0 Å². The molecule has 22 heavy (non-hydrogen) atoms. The van der Waals surface area contributed by atoms with Crippen molar-refractivity contribution in [1.82, 2.24) is 9.62 Å². The lowest BCUT2D eigenvalue weighted by atomic mass is 9.99. The molecule has 2 heterocycles. The van der Waals surface area contributed by atoms with Crippen molar-refractivity contribution >= 4 is 10.0 Å². The summed E-state index contributed by atoms with van der Waals surface area (Å²) >= 11 is 0. The summed E-state index contributed by atoms with van der Waals surface area (Å²) in [7, 11) is -3.49. The van der Waals surface area contributed by atoms with Gasteiger partial charge in [0.1, 0.15) is 5.76 Å². The first-order valence-electron chi connectivity index (χ1n) is 8.01. The van der Waals surface area contributed by atoms with Crippen LogP contribution in [0, 0.1) is 0 Å². The molecule has 1 aliphatic carbocycles. The molecule has 0 radical (unpaired) electrons. The van der Waals surface area contributed by atoms with E-state index in [1.54, 1.807) is 6.07 Å². The molecule has 124 valence electrons. The van der Waals surface area contributed by atoms with Gasteiger partial charge in [-0.25, -0.2) is 8.42 Å². The van der Waals surface area contributed by atoms with Gasteiger partial charge in [0.2, 0.25) is 5.09 Å². The fourth-order valence-electron chi connectivity index (χ4n) is 3.36. The highest BCUT2D eigenvalue weighted by Crippen LogP contribution is 2.30. The Morgan fingerprint density at radius 2 is 1.86 bits per heavy atom. The van der Waals surface area contributed by atoms with E-state index in [9.17, 15) is 13.5 Å². The van der Waals surface area contributed by atoms with Crippen molar-refractivity contribution in [2.24, 2.45) is 0 Å². The van der Waals surface area contributed by atoms with Crippen molar-refractivity contribution in [1.29, 1.82) is 0 Å². The summed E-state index contributed by atoms with van der Waals surface area (Å²) in [4.78, 5) is 0. The van der Waals surface area contributed by atoms with E-state index in [1.807, 2.05) is 0 Å². The van der Waals surface area contributed by atoms with Crippen molar-refractivity contribution in [2.75, 3.05) is 19.7 Å². The summed E-state index contributed by atoms with van der Waals surface area (Å²) in [5.74, 6) is 0.595. The topological polar surface area (TPSA) is 82.8 Å². The van der Waals surface area contributed by atoms with Crippen molar-refractivity contribution in [3.63, 3.8) is 0 Å². The molecule has 0 spiro atoms. The molecule has 3 rings (SSSR count). The van der Waals surface area contributed by atoms with Crippen LogP contribution in [-0.2, 0) is 16.6 Å². The number of aliphatic hydroxyl groups is 1. The first-order chi connectivity index (χ1) is 10.6. The highest BCUT2D eigenvalue weighted by molar-refractivity contribution is 7.89. The quantitative estimate of drug-likeness (QED) is 0.826. The van der Waals surface area contributed by atoms with Gasteiger partial charge < -0.3 is 14.8 Å². The van der Waals surface area contributed by atoms with E-state index in [0.29, 0.717) is 25.4 Å². The van der Waals surface area contributed by atoms with Gasteiger partial charge in [-0.3, -0.25) is 0 Å². The second-order valence-corrected chi connectivity index (χ2v) is 8.20. The molecule has 1 saturated carbocycles. The minimum Gasteiger partial charge on any atom is -0.447 e. The predicted molar refractivity (Wildman–Crippen MR) is 81.8 cm³/mol. The third-order valence-corrected chi connectivity index (χ3v) is 6.57. The van der Waals surface area contributed by atoms with Crippen LogP contribution in [0.25, 0.3) is 0 Å². The van der Waals surface area contributed by atoms with Crippen LogP contribution in [0.15, 0.2) is 21.6 Å². The number of furan rings is 1. The number of hydrogen-bond acceptors (Lipinski definition) is 5. The van der Waals surface area contributed by atoms with Gasteiger partial charge in [-0.2, -0.15) is 4.31 Å². The first kappa shape index (κ1) is 16.0. The van der Waals surface area contributed by atoms with Crippen molar-refractivity contribution in [3.8, 4) is 0 Å². The van der Waals surface area contributed by atoms with Crippen LogP contribution in [0.5, 0.6) is 0 Å². The van der Waals surface area contributed by atoms with Crippen LogP contribution >= 0.6 is 0 Å². The first-order valence-corrected chi connectivity index (χ1v) is 9.45. The Labute approximate surface area is 131 Å². The van der Waals surface area contributed by atoms with Gasteiger partial charge in [-0.15, -0.1) is 0 Å². The number of sulfonamides is 1. The van der Waals surface area contributed by atoms with E-state index in [2.05, 4.69) is 5.32 Å². The summed E-state index contributed by atoms with van der Waals surface area (Å²) < 4.78 is 31.8. The Hall–Kier alpha value is -0.890. The van der Waals surface area contributed by atoms with Gasteiger partial charge in [0, 0.05) is 18.6 Å². The Morgan fingerprint density at radius 3 is 2.50 bits per heavy atom. The molecular weight excluding hydrogens is 304 g/mol. The van der Waals surface area contributed by atoms with Gasteiger partial charge in [-0.1, -0.05) is 12.8 Å². The van der Waals surface area contributed by atoms with E-state index in [0.717, 1.165) is 38.5 Å². The summed E-state index contributed by atoms with van der Waals surface area (Å²) in [6, 6.07) is 3.24. The largest absolute Gasteiger partial charge is 0.447 e. The summed E-state index contributed by atoms with van der Waals surface area (Å²) in [6.45, 7) is 1.69. The molecular formula is C15H24N2O4S. The number of nitrogens with zero attached hydrogens (tertiary/aromatic N) is 1. The number of aliphatic hydroxyl groups excluding tert-OH is 1. The molecule has 1 aromatic heterocycles. The van der Waals surface area contributed by atoms with Crippen molar-refractivity contribution in [2.45, 2.75) is 55.7 Å². The fourth-order valence-corrected chi connectivity index (χ4v) is 4.81. The Balaban J connectivity index is 1.66. The molecule has 1 aromatic rings. The summed E-state index contributed by atoms with van der Waals surface area (Å²) in [5.41, 5.74) is -0.235. The van der Waals surface area contributed by atoms with E-state index < -0.39 is 10.0 Å². The average molecular weight is 328 g/mol. The van der Waals surface area contributed by atoms with Gasteiger partial charge in [0.25, 0.3) is 10.0 Å². The van der Waals surface area contributed by atoms with Gasteiger partial charge in [0.15, 0.2) is 0 Å². The number of rotatable bonds is 6. The number of hydrogen-bond donors (Lipinski definition) is 2. The molecule has 7 heteroatoms. The second kappa shape index (κ2) is 6.31. The zero-order valence-electron chi connectivity index (χ0n) is 12.8. The van der Waals surface area contributed by atoms with Crippen LogP contribution < -0.4 is 5.32 Å². The Kier molecular flexibility index (Phi) is 4.59. The highest BCUT2D eigenvalue weighted by Gasteiger charge is 2.33. The normalized spacial score (nSPS) is 22.4. The lowest BCUT2D eigenvalue weighted by molar-refractivity contribution is 0.159. The highest BCUT2D eigenvalue weighted by atomic mass is 32.2. The zero-order chi connectivity index (χ0) is 15.6. The van der Waals surface area contributed by atoms with Crippen molar-refractivity contribution in [3.05, 3.63) is 17.9 Å². The SMILES string of the molecule is O=S(=O)(c1ccc(CNC2(CO)CCCC2)o1)N1CCCC1. The minimum atomic E-state index is -3.49. The van der Waals surface area contributed by atoms with Crippen LogP contribution in [0.2, 0.25) is 0 Å². The van der Waals surface area contributed by atoms with E-state index in [-0.39, 0.29) is 17.2 Å². The van der Waals surface area contributed by atoms with Gasteiger partial charge in [0.05, 0.1) is 13.2 Å². The molecule has 1 aliphatic heterocycles. The maximum Gasteiger partial charge on any atom is 0.276 e. The van der Waals surface area contributed by atoms with Gasteiger partial charge >= 0.3 is 0 Å². The lowest BCUT2D eigenvalue weighted by Crippen LogP contribution is -2.45. The maximum absolute atomic E-state index is 12.4.